The molecule has 0 heterocycles. The summed E-state index contributed by atoms with van der Waals surface area (Å²) >= 11 is 3.17. The smallest absolute Gasteiger partial charge is 0.242 e. The zero-order valence-corrected chi connectivity index (χ0v) is 13.4. The Morgan fingerprint density at radius 1 is 1.26 bits per heavy atom. The SMILES string of the molecule is CC(C)(C)NC(=O)CNS(=O)(=O)c1ccccc1Br. The highest BCUT2D eigenvalue weighted by Gasteiger charge is 2.19. The van der Waals surface area contributed by atoms with Crippen molar-refractivity contribution < 1.29 is 13.2 Å². The average molecular weight is 349 g/mol. The van der Waals surface area contributed by atoms with Gasteiger partial charge in [-0.3, -0.25) is 4.79 Å². The third-order valence-electron chi connectivity index (χ3n) is 2.06. The minimum atomic E-state index is -3.70. The molecule has 0 aromatic heterocycles. The Morgan fingerprint density at radius 2 is 1.84 bits per heavy atom. The van der Waals surface area contributed by atoms with Crippen molar-refractivity contribution >= 4 is 31.9 Å². The van der Waals surface area contributed by atoms with Crippen LogP contribution < -0.4 is 10.0 Å². The Balaban J connectivity index is 2.72. The van der Waals surface area contributed by atoms with Crippen molar-refractivity contribution in [2.45, 2.75) is 31.2 Å². The highest BCUT2D eigenvalue weighted by Crippen LogP contribution is 2.20. The van der Waals surface area contributed by atoms with Crippen LogP contribution in [0.2, 0.25) is 0 Å². The Morgan fingerprint density at radius 3 is 2.37 bits per heavy atom. The molecule has 1 aromatic rings. The van der Waals surface area contributed by atoms with Crippen molar-refractivity contribution in [1.82, 2.24) is 10.0 Å². The van der Waals surface area contributed by atoms with Gasteiger partial charge < -0.3 is 5.32 Å². The second-order valence-corrected chi connectivity index (χ2v) is 7.64. The standard InChI is InChI=1S/C12H17BrN2O3S/c1-12(2,3)15-11(16)8-14-19(17,18)10-7-5-4-6-9(10)13/h4-7,14H,8H2,1-3H3,(H,15,16). The number of rotatable bonds is 4. The third-order valence-corrected chi connectivity index (χ3v) is 4.48. The molecule has 5 nitrogen and oxygen atoms in total. The number of carbonyl (C=O) groups is 1. The highest BCUT2D eigenvalue weighted by molar-refractivity contribution is 9.10. The molecule has 0 radical (unpaired) electrons. The number of nitrogens with one attached hydrogen (secondary N) is 2. The fourth-order valence-corrected chi connectivity index (χ4v) is 3.35. The average Bonchev–Trinajstić information content (AvgIpc) is 2.24. The van der Waals surface area contributed by atoms with Crippen LogP contribution in [0.15, 0.2) is 33.6 Å². The molecule has 0 unspecified atom stereocenters. The zero-order chi connectivity index (χ0) is 14.7. The van der Waals surface area contributed by atoms with E-state index in [9.17, 15) is 13.2 Å². The van der Waals surface area contributed by atoms with E-state index in [1.54, 1.807) is 18.2 Å². The normalized spacial score (nSPS) is 12.2. The first-order valence-corrected chi connectivity index (χ1v) is 7.95. The highest BCUT2D eigenvalue weighted by atomic mass is 79.9. The Hall–Kier alpha value is -0.920. The van der Waals surface area contributed by atoms with Crippen molar-refractivity contribution in [2.24, 2.45) is 0 Å². The molecule has 0 aliphatic rings. The summed E-state index contributed by atoms with van der Waals surface area (Å²) in [4.78, 5) is 11.7. The lowest BCUT2D eigenvalue weighted by Crippen LogP contribution is -2.45. The predicted molar refractivity (Wildman–Crippen MR) is 77.2 cm³/mol. The lowest BCUT2D eigenvalue weighted by atomic mass is 10.1. The van der Waals surface area contributed by atoms with Gasteiger partial charge in [0.1, 0.15) is 0 Å². The second-order valence-electron chi connectivity index (χ2n) is 5.05. The first-order valence-electron chi connectivity index (χ1n) is 5.67. The molecule has 2 N–H and O–H groups in total. The van der Waals surface area contributed by atoms with Gasteiger partial charge in [0.05, 0.1) is 11.4 Å². The predicted octanol–water partition coefficient (Wildman–Crippen LogP) is 1.64. The van der Waals surface area contributed by atoms with E-state index in [0.29, 0.717) is 4.47 Å². The van der Waals surface area contributed by atoms with Gasteiger partial charge in [0, 0.05) is 10.0 Å². The molecule has 0 atom stereocenters. The monoisotopic (exact) mass is 348 g/mol. The van der Waals surface area contributed by atoms with Gasteiger partial charge in [0.25, 0.3) is 0 Å². The molecule has 7 heteroatoms. The fourth-order valence-electron chi connectivity index (χ4n) is 1.36. The number of sulfonamides is 1. The van der Waals surface area contributed by atoms with Crippen molar-refractivity contribution in [1.29, 1.82) is 0 Å². The number of halogens is 1. The molecule has 0 spiro atoms. The number of hydrogen-bond donors (Lipinski definition) is 2. The minimum absolute atomic E-state index is 0.110. The van der Waals surface area contributed by atoms with Gasteiger partial charge in [-0.25, -0.2) is 13.1 Å². The fraction of sp³-hybridized carbons (Fsp3) is 0.417. The zero-order valence-electron chi connectivity index (χ0n) is 11.0. The molecule has 106 valence electrons. The maximum Gasteiger partial charge on any atom is 0.242 e. The lowest BCUT2D eigenvalue weighted by Gasteiger charge is -2.20. The van der Waals surface area contributed by atoms with Crippen molar-refractivity contribution in [3.8, 4) is 0 Å². The summed E-state index contributed by atoms with van der Waals surface area (Å²) < 4.78 is 26.7. The van der Waals surface area contributed by atoms with Gasteiger partial charge in [-0.1, -0.05) is 12.1 Å². The van der Waals surface area contributed by atoms with E-state index in [-0.39, 0.29) is 17.3 Å². The molecule has 0 aliphatic heterocycles. The topological polar surface area (TPSA) is 75.3 Å². The molecule has 0 saturated heterocycles. The lowest BCUT2D eigenvalue weighted by molar-refractivity contribution is -0.121. The molecule has 1 aromatic carbocycles. The summed E-state index contributed by atoms with van der Waals surface area (Å²) in [6.45, 7) is 5.19. The second kappa shape index (κ2) is 6.02. The van der Waals surface area contributed by atoms with Crippen LogP contribution in [0.1, 0.15) is 20.8 Å². The van der Waals surface area contributed by atoms with Crippen LogP contribution >= 0.6 is 15.9 Å². The van der Waals surface area contributed by atoms with E-state index in [1.807, 2.05) is 20.8 Å². The third kappa shape index (κ3) is 5.30. The summed E-state index contributed by atoms with van der Waals surface area (Å²) in [5.41, 5.74) is -0.393. The van der Waals surface area contributed by atoms with Gasteiger partial charge in [0.15, 0.2) is 0 Å². The van der Waals surface area contributed by atoms with Crippen LogP contribution in [0.3, 0.4) is 0 Å². The van der Waals surface area contributed by atoms with E-state index in [0.717, 1.165) is 0 Å². The molecule has 1 amide bonds. The van der Waals surface area contributed by atoms with Crippen molar-refractivity contribution in [2.75, 3.05) is 6.54 Å². The summed E-state index contributed by atoms with van der Waals surface area (Å²) in [5.74, 6) is -0.372. The largest absolute Gasteiger partial charge is 0.350 e. The number of hydrogen-bond acceptors (Lipinski definition) is 3. The van der Waals surface area contributed by atoms with Crippen LogP contribution in [-0.4, -0.2) is 26.4 Å². The van der Waals surface area contributed by atoms with E-state index >= 15 is 0 Å². The van der Waals surface area contributed by atoms with E-state index in [4.69, 9.17) is 0 Å². The Bertz CT molecular complexity index is 565. The van der Waals surface area contributed by atoms with Crippen LogP contribution in [0.5, 0.6) is 0 Å². The van der Waals surface area contributed by atoms with Crippen molar-refractivity contribution in [3.63, 3.8) is 0 Å². The van der Waals surface area contributed by atoms with Crippen LogP contribution in [0, 0.1) is 0 Å². The van der Waals surface area contributed by atoms with Gasteiger partial charge in [-0.2, -0.15) is 0 Å². The molecule has 0 aliphatic carbocycles. The molecule has 0 bridgehead atoms. The first-order chi connectivity index (χ1) is 8.62. The first kappa shape index (κ1) is 16.1. The van der Waals surface area contributed by atoms with Gasteiger partial charge >= 0.3 is 0 Å². The van der Waals surface area contributed by atoms with E-state index < -0.39 is 15.6 Å². The molecule has 0 fully saturated rings. The van der Waals surface area contributed by atoms with Crippen LogP contribution in [0.4, 0.5) is 0 Å². The Labute approximate surface area is 122 Å². The van der Waals surface area contributed by atoms with Gasteiger partial charge in [0.2, 0.25) is 15.9 Å². The quantitative estimate of drug-likeness (QED) is 0.868. The summed E-state index contributed by atoms with van der Waals surface area (Å²) in [6.07, 6.45) is 0. The number of benzene rings is 1. The van der Waals surface area contributed by atoms with Gasteiger partial charge in [-0.05, 0) is 48.8 Å². The van der Waals surface area contributed by atoms with Crippen LogP contribution in [0.25, 0.3) is 0 Å². The summed E-state index contributed by atoms with van der Waals surface area (Å²) in [7, 11) is -3.70. The molecule has 1 rings (SSSR count). The maximum absolute atomic E-state index is 12.0. The summed E-state index contributed by atoms with van der Waals surface area (Å²) in [5, 5.41) is 2.68. The molecule has 19 heavy (non-hydrogen) atoms. The Kier molecular flexibility index (Phi) is 5.11. The molecular weight excluding hydrogens is 332 g/mol. The molecule has 0 saturated carbocycles. The van der Waals surface area contributed by atoms with Gasteiger partial charge in [-0.15, -0.1) is 0 Å². The number of amides is 1. The van der Waals surface area contributed by atoms with Crippen molar-refractivity contribution in [3.05, 3.63) is 28.7 Å². The maximum atomic E-state index is 12.0. The van der Waals surface area contributed by atoms with Crippen LogP contribution in [-0.2, 0) is 14.8 Å². The minimum Gasteiger partial charge on any atom is -0.350 e. The van der Waals surface area contributed by atoms with E-state index in [2.05, 4.69) is 26.0 Å². The summed E-state index contributed by atoms with van der Waals surface area (Å²) in [6, 6.07) is 6.43. The molecular formula is C12H17BrN2O3S. The number of carbonyl (C=O) groups excluding carboxylic acids is 1. The van der Waals surface area contributed by atoms with E-state index in [1.165, 1.54) is 6.07 Å².